The Labute approximate surface area is 118 Å². The van der Waals surface area contributed by atoms with Crippen molar-refractivity contribution < 1.29 is 19.1 Å². The highest BCUT2D eigenvalue weighted by molar-refractivity contribution is 7.07. The lowest BCUT2D eigenvalue weighted by Crippen LogP contribution is -2.40. The van der Waals surface area contributed by atoms with Crippen LogP contribution in [0.1, 0.15) is 0 Å². The number of esters is 1. The summed E-state index contributed by atoms with van der Waals surface area (Å²) in [6.07, 6.45) is 2.45. The van der Waals surface area contributed by atoms with Gasteiger partial charge in [0.2, 0.25) is 5.91 Å². The highest BCUT2D eigenvalue weighted by Crippen LogP contribution is 1.97. The van der Waals surface area contributed by atoms with Crippen LogP contribution in [0.3, 0.4) is 0 Å². The van der Waals surface area contributed by atoms with E-state index in [4.69, 9.17) is 4.74 Å². The van der Waals surface area contributed by atoms with E-state index in [1.807, 2.05) is 0 Å². The summed E-state index contributed by atoms with van der Waals surface area (Å²) in [7, 11) is 1.23. The van der Waals surface area contributed by atoms with E-state index in [1.54, 1.807) is 4.90 Å². The number of carbonyl (C=O) groups is 2. The van der Waals surface area contributed by atoms with E-state index in [-0.39, 0.29) is 10.4 Å². The summed E-state index contributed by atoms with van der Waals surface area (Å²) in [6, 6.07) is 0. The zero-order valence-electron chi connectivity index (χ0n) is 10.9. The number of thiazole rings is 1. The number of morpholine rings is 1. The minimum Gasteiger partial charge on any atom is -0.466 e. The van der Waals surface area contributed by atoms with Crippen molar-refractivity contribution in [2.75, 3.05) is 33.4 Å². The Kier molecular flexibility index (Phi) is 4.70. The minimum absolute atomic E-state index is 0.185. The molecule has 0 atom stereocenters. The number of rotatable bonds is 2. The average molecular weight is 298 g/mol. The van der Waals surface area contributed by atoms with Gasteiger partial charge in [-0.05, 0) is 0 Å². The fourth-order valence-corrected chi connectivity index (χ4v) is 2.52. The summed E-state index contributed by atoms with van der Waals surface area (Å²) in [5.74, 6) is -0.793. The molecule has 0 saturated carbocycles. The Morgan fingerprint density at radius 2 is 2.05 bits per heavy atom. The van der Waals surface area contributed by atoms with Gasteiger partial charge in [0.15, 0.2) is 0 Å². The lowest BCUT2D eigenvalue weighted by atomic mass is 10.4. The standard InChI is InChI=1S/C12H14N2O5S/c1-18-11(16)6-8-12(17)13-9(20-8)7-10(15)14-2-4-19-5-3-14/h6-7H,2-5H2,1H3,(H,13,17)/b8-6-,9-7+. The Bertz CT molecular complexity index is 669. The van der Waals surface area contributed by atoms with Crippen molar-refractivity contribution >= 4 is 35.4 Å². The molecule has 2 rings (SSSR count). The predicted molar refractivity (Wildman–Crippen MR) is 72.5 cm³/mol. The van der Waals surface area contributed by atoms with Crippen molar-refractivity contribution in [2.45, 2.75) is 0 Å². The molecule has 7 nitrogen and oxygen atoms in total. The van der Waals surface area contributed by atoms with Crippen LogP contribution in [0.25, 0.3) is 12.2 Å². The van der Waals surface area contributed by atoms with Gasteiger partial charge in [-0.25, -0.2) is 4.79 Å². The Morgan fingerprint density at radius 1 is 1.35 bits per heavy atom. The van der Waals surface area contributed by atoms with Gasteiger partial charge in [-0.3, -0.25) is 9.59 Å². The summed E-state index contributed by atoms with van der Waals surface area (Å²) in [5, 5.41) is 0. The summed E-state index contributed by atoms with van der Waals surface area (Å²) < 4.78 is 10.2. The molecular formula is C12H14N2O5S. The zero-order valence-corrected chi connectivity index (χ0v) is 11.7. The van der Waals surface area contributed by atoms with Crippen molar-refractivity contribution in [3.05, 3.63) is 19.5 Å². The van der Waals surface area contributed by atoms with Crippen LogP contribution >= 0.6 is 11.3 Å². The SMILES string of the molecule is COC(=O)/C=c1\s/c(=C/C(=O)N2CCOCC2)[nH]c1=O. The Hall–Kier alpha value is -1.93. The van der Waals surface area contributed by atoms with Gasteiger partial charge in [0, 0.05) is 25.2 Å². The van der Waals surface area contributed by atoms with Gasteiger partial charge in [0.25, 0.3) is 5.56 Å². The molecule has 0 aliphatic carbocycles. The first-order chi connectivity index (χ1) is 9.60. The first-order valence-electron chi connectivity index (χ1n) is 5.97. The molecule has 0 aromatic carbocycles. The second kappa shape index (κ2) is 6.49. The lowest BCUT2D eigenvalue weighted by molar-refractivity contribution is -0.133. The first kappa shape index (κ1) is 14.5. The number of nitrogens with one attached hydrogen (secondary N) is 1. The molecule has 1 aromatic heterocycles. The van der Waals surface area contributed by atoms with Gasteiger partial charge in [-0.2, -0.15) is 0 Å². The zero-order chi connectivity index (χ0) is 14.5. The topological polar surface area (TPSA) is 88.7 Å². The van der Waals surface area contributed by atoms with Gasteiger partial charge >= 0.3 is 5.97 Å². The summed E-state index contributed by atoms with van der Waals surface area (Å²) in [6.45, 7) is 2.10. The Balaban J connectivity index is 2.25. The van der Waals surface area contributed by atoms with E-state index in [1.165, 1.54) is 13.2 Å². The van der Waals surface area contributed by atoms with E-state index >= 15 is 0 Å². The number of methoxy groups -OCH3 is 1. The number of aromatic amines is 1. The first-order valence-corrected chi connectivity index (χ1v) is 6.79. The molecule has 1 aliphatic heterocycles. The molecule has 1 saturated heterocycles. The summed E-state index contributed by atoms with van der Waals surface area (Å²) >= 11 is 1.04. The molecule has 0 bridgehead atoms. The molecule has 0 unspecified atom stereocenters. The van der Waals surface area contributed by atoms with Crippen LogP contribution in [-0.2, 0) is 19.1 Å². The van der Waals surface area contributed by atoms with Gasteiger partial charge in [0.05, 0.1) is 20.3 Å². The molecule has 1 aliphatic rings. The number of carbonyl (C=O) groups excluding carboxylic acids is 2. The van der Waals surface area contributed by atoms with E-state index in [9.17, 15) is 14.4 Å². The maximum absolute atomic E-state index is 12.0. The van der Waals surface area contributed by atoms with E-state index in [2.05, 4.69) is 9.72 Å². The molecular weight excluding hydrogens is 284 g/mol. The molecule has 20 heavy (non-hydrogen) atoms. The van der Waals surface area contributed by atoms with E-state index in [0.717, 1.165) is 17.4 Å². The molecule has 0 spiro atoms. The second-order valence-electron chi connectivity index (χ2n) is 4.03. The number of nitrogens with zero attached hydrogens (tertiary/aromatic N) is 1. The van der Waals surface area contributed by atoms with E-state index in [0.29, 0.717) is 31.0 Å². The predicted octanol–water partition coefficient (Wildman–Crippen LogP) is -1.97. The third kappa shape index (κ3) is 3.55. The van der Waals surface area contributed by atoms with Crippen molar-refractivity contribution in [1.82, 2.24) is 9.88 Å². The number of hydrogen-bond acceptors (Lipinski definition) is 6. The maximum Gasteiger partial charge on any atom is 0.332 e. The van der Waals surface area contributed by atoms with Crippen molar-refractivity contribution in [3.8, 4) is 0 Å². The van der Waals surface area contributed by atoms with Crippen LogP contribution < -0.4 is 14.8 Å². The van der Waals surface area contributed by atoms with Crippen LogP contribution in [0.15, 0.2) is 4.79 Å². The van der Waals surface area contributed by atoms with Crippen LogP contribution in [0.2, 0.25) is 0 Å². The molecule has 2 heterocycles. The van der Waals surface area contributed by atoms with Crippen molar-refractivity contribution in [3.63, 3.8) is 0 Å². The largest absolute Gasteiger partial charge is 0.466 e. The summed E-state index contributed by atoms with van der Waals surface area (Å²) in [5.41, 5.74) is -0.415. The highest BCUT2D eigenvalue weighted by atomic mass is 32.1. The molecule has 1 amide bonds. The highest BCUT2D eigenvalue weighted by Gasteiger charge is 2.14. The lowest BCUT2D eigenvalue weighted by Gasteiger charge is -2.25. The third-order valence-electron chi connectivity index (χ3n) is 2.71. The molecule has 0 radical (unpaired) electrons. The van der Waals surface area contributed by atoms with Crippen molar-refractivity contribution in [1.29, 1.82) is 0 Å². The van der Waals surface area contributed by atoms with E-state index < -0.39 is 11.5 Å². The van der Waals surface area contributed by atoms with Gasteiger partial charge in [-0.1, -0.05) is 0 Å². The van der Waals surface area contributed by atoms with Gasteiger partial charge in [-0.15, -0.1) is 11.3 Å². The normalized spacial score (nSPS) is 17.4. The molecule has 8 heteroatoms. The molecule has 1 N–H and O–H groups in total. The fraction of sp³-hybridized carbons (Fsp3) is 0.417. The molecule has 1 aromatic rings. The monoisotopic (exact) mass is 298 g/mol. The molecule has 1 fully saturated rings. The fourth-order valence-electron chi connectivity index (χ4n) is 1.68. The third-order valence-corrected chi connectivity index (χ3v) is 3.67. The number of ether oxygens (including phenoxy) is 2. The number of amides is 1. The van der Waals surface area contributed by atoms with Crippen LogP contribution in [-0.4, -0.2) is 55.2 Å². The number of hydrogen-bond donors (Lipinski definition) is 1. The maximum atomic E-state index is 12.0. The quantitative estimate of drug-likeness (QED) is 0.640. The van der Waals surface area contributed by atoms with Gasteiger partial charge < -0.3 is 19.4 Å². The van der Waals surface area contributed by atoms with Crippen LogP contribution in [0, 0.1) is 0 Å². The second-order valence-corrected chi connectivity index (χ2v) is 5.12. The molecule has 108 valence electrons. The number of aromatic nitrogens is 1. The number of H-pyrrole nitrogens is 1. The smallest absolute Gasteiger partial charge is 0.332 e. The van der Waals surface area contributed by atoms with Crippen LogP contribution in [0.4, 0.5) is 0 Å². The minimum atomic E-state index is -0.608. The summed E-state index contributed by atoms with van der Waals surface area (Å²) in [4.78, 5) is 38.8. The Morgan fingerprint density at radius 3 is 2.70 bits per heavy atom. The average Bonchev–Trinajstić information content (AvgIpc) is 2.79. The van der Waals surface area contributed by atoms with Crippen molar-refractivity contribution in [2.24, 2.45) is 0 Å². The van der Waals surface area contributed by atoms with Crippen LogP contribution in [0.5, 0.6) is 0 Å². The van der Waals surface area contributed by atoms with Gasteiger partial charge in [0.1, 0.15) is 9.20 Å².